The summed E-state index contributed by atoms with van der Waals surface area (Å²) in [5.41, 5.74) is 0. The number of hydrogen-bond donors (Lipinski definition) is 0. The molecular weight excluding hydrogens is 182 g/mol. The molecule has 90 valence electrons. The van der Waals surface area contributed by atoms with Gasteiger partial charge in [0.25, 0.3) is 0 Å². The molecule has 0 aliphatic carbocycles. The van der Waals surface area contributed by atoms with E-state index in [9.17, 15) is 0 Å². The van der Waals surface area contributed by atoms with Crippen LogP contribution in [-0.4, -0.2) is 24.5 Å². The first-order valence-corrected chi connectivity index (χ1v) is 6.94. The molecule has 0 unspecified atom stereocenters. The third-order valence-electron chi connectivity index (χ3n) is 3.79. The fraction of sp³-hybridized carbons (Fsp3) is 1.00. The summed E-state index contributed by atoms with van der Waals surface area (Å²) in [5, 5.41) is 0. The highest BCUT2D eigenvalue weighted by Crippen LogP contribution is 2.20. The van der Waals surface area contributed by atoms with Crippen LogP contribution in [0.15, 0.2) is 0 Å². The number of hydrogen-bond acceptors (Lipinski definition) is 1. The van der Waals surface area contributed by atoms with Crippen LogP contribution in [0.5, 0.6) is 0 Å². The molecule has 15 heavy (non-hydrogen) atoms. The predicted octanol–water partition coefficient (Wildman–Crippen LogP) is 3.93. The van der Waals surface area contributed by atoms with Crippen molar-refractivity contribution < 1.29 is 0 Å². The van der Waals surface area contributed by atoms with Crippen LogP contribution in [0.1, 0.15) is 59.3 Å². The molecule has 1 aliphatic heterocycles. The Bertz CT molecular complexity index is 145. The van der Waals surface area contributed by atoms with Crippen LogP contribution < -0.4 is 0 Å². The van der Waals surface area contributed by atoms with E-state index in [-0.39, 0.29) is 0 Å². The number of piperidine rings is 1. The van der Waals surface area contributed by atoms with Crippen molar-refractivity contribution in [3.8, 4) is 0 Å². The van der Waals surface area contributed by atoms with Crippen molar-refractivity contribution in [1.29, 1.82) is 0 Å². The van der Waals surface area contributed by atoms with Crippen molar-refractivity contribution in [2.45, 2.75) is 59.3 Å². The molecule has 0 aromatic rings. The number of likely N-dealkylation sites (tertiary alicyclic amines) is 1. The molecule has 0 radical (unpaired) electrons. The maximum absolute atomic E-state index is 2.67. The predicted molar refractivity (Wildman–Crippen MR) is 68.1 cm³/mol. The SMILES string of the molecule is CCC1CCN(CCCCC(C)C)CC1. The summed E-state index contributed by atoms with van der Waals surface area (Å²) in [6, 6.07) is 0. The Morgan fingerprint density at radius 2 is 1.80 bits per heavy atom. The van der Waals surface area contributed by atoms with E-state index in [4.69, 9.17) is 0 Å². The topological polar surface area (TPSA) is 3.24 Å². The lowest BCUT2D eigenvalue weighted by Crippen LogP contribution is -2.34. The standard InChI is InChI=1S/C14H29N/c1-4-14-8-11-15(12-9-14)10-6-5-7-13(2)3/h13-14H,4-12H2,1-3H3. The van der Waals surface area contributed by atoms with Crippen molar-refractivity contribution in [2.24, 2.45) is 11.8 Å². The van der Waals surface area contributed by atoms with Gasteiger partial charge in [0.1, 0.15) is 0 Å². The first kappa shape index (κ1) is 13.0. The highest BCUT2D eigenvalue weighted by molar-refractivity contribution is 4.71. The summed E-state index contributed by atoms with van der Waals surface area (Å²) < 4.78 is 0. The lowest BCUT2D eigenvalue weighted by atomic mass is 9.94. The summed E-state index contributed by atoms with van der Waals surface area (Å²) in [4.78, 5) is 2.67. The molecule has 1 rings (SSSR count). The fourth-order valence-corrected chi connectivity index (χ4v) is 2.51. The van der Waals surface area contributed by atoms with E-state index in [1.54, 1.807) is 0 Å². The van der Waals surface area contributed by atoms with Gasteiger partial charge in [-0.1, -0.05) is 40.0 Å². The minimum Gasteiger partial charge on any atom is -0.303 e. The van der Waals surface area contributed by atoms with Crippen LogP contribution in [0.4, 0.5) is 0 Å². The third kappa shape index (κ3) is 5.55. The van der Waals surface area contributed by atoms with Gasteiger partial charge in [-0.3, -0.25) is 0 Å². The van der Waals surface area contributed by atoms with E-state index in [1.165, 1.54) is 58.2 Å². The largest absolute Gasteiger partial charge is 0.303 e. The van der Waals surface area contributed by atoms with Crippen LogP contribution in [0.3, 0.4) is 0 Å². The summed E-state index contributed by atoms with van der Waals surface area (Å²) in [6.45, 7) is 11.1. The molecule has 1 nitrogen and oxygen atoms in total. The maximum atomic E-state index is 2.67. The molecular formula is C14H29N. The number of nitrogens with zero attached hydrogens (tertiary/aromatic N) is 1. The second-order valence-corrected chi connectivity index (χ2v) is 5.58. The molecule has 0 saturated carbocycles. The second kappa shape index (κ2) is 7.27. The van der Waals surface area contributed by atoms with E-state index in [2.05, 4.69) is 25.7 Å². The van der Waals surface area contributed by atoms with Gasteiger partial charge in [0.05, 0.1) is 0 Å². The fourth-order valence-electron chi connectivity index (χ4n) is 2.51. The van der Waals surface area contributed by atoms with Crippen molar-refractivity contribution in [3.05, 3.63) is 0 Å². The van der Waals surface area contributed by atoms with Crippen LogP contribution in [0, 0.1) is 11.8 Å². The molecule has 0 aromatic carbocycles. The second-order valence-electron chi connectivity index (χ2n) is 5.58. The van der Waals surface area contributed by atoms with Gasteiger partial charge in [-0.25, -0.2) is 0 Å². The van der Waals surface area contributed by atoms with E-state index in [0.29, 0.717) is 0 Å². The first-order chi connectivity index (χ1) is 7.22. The Morgan fingerprint density at radius 3 is 2.33 bits per heavy atom. The summed E-state index contributed by atoms with van der Waals surface area (Å²) in [7, 11) is 0. The van der Waals surface area contributed by atoms with Crippen molar-refractivity contribution in [3.63, 3.8) is 0 Å². The average Bonchev–Trinajstić information content (AvgIpc) is 2.25. The van der Waals surface area contributed by atoms with E-state index >= 15 is 0 Å². The highest BCUT2D eigenvalue weighted by Gasteiger charge is 2.16. The van der Waals surface area contributed by atoms with Crippen molar-refractivity contribution in [2.75, 3.05) is 19.6 Å². The Labute approximate surface area is 96.2 Å². The van der Waals surface area contributed by atoms with Crippen molar-refractivity contribution in [1.82, 2.24) is 4.90 Å². The smallest absolute Gasteiger partial charge is 0.00161 e. The van der Waals surface area contributed by atoms with E-state index in [0.717, 1.165) is 11.8 Å². The van der Waals surface area contributed by atoms with Gasteiger partial charge in [0, 0.05) is 0 Å². The minimum atomic E-state index is 0.885. The van der Waals surface area contributed by atoms with Crippen molar-refractivity contribution >= 4 is 0 Å². The van der Waals surface area contributed by atoms with Crippen LogP contribution in [-0.2, 0) is 0 Å². The van der Waals surface area contributed by atoms with E-state index < -0.39 is 0 Å². The molecule has 1 heterocycles. The Hall–Kier alpha value is -0.0400. The third-order valence-corrected chi connectivity index (χ3v) is 3.79. The molecule has 0 atom stereocenters. The zero-order valence-corrected chi connectivity index (χ0v) is 11.0. The monoisotopic (exact) mass is 211 g/mol. The molecule has 0 amide bonds. The van der Waals surface area contributed by atoms with Gasteiger partial charge in [0.2, 0.25) is 0 Å². The summed E-state index contributed by atoms with van der Waals surface area (Å²) in [6.07, 6.45) is 8.52. The molecule has 0 N–H and O–H groups in total. The number of unbranched alkanes of at least 4 members (excludes halogenated alkanes) is 1. The van der Waals surface area contributed by atoms with Crippen LogP contribution >= 0.6 is 0 Å². The first-order valence-electron chi connectivity index (χ1n) is 6.94. The zero-order valence-electron chi connectivity index (χ0n) is 11.0. The molecule has 0 aromatic heterocycles. The molecule has 1 fully saturated rings. The minimum absolute atomic E-state index is 0.885. The highest BCUT2D eigenvalue weighted by atomic mass is 15.1. The average molecular weight is 211 g/mol. The molecule has 1 heteroatoms. The van der Waals surface area contributed by atoms with Gasteiger partial charge < -0.3 is 4.90 Å². The molecule has 1 aliphatic rings. The summed E-state index contributed by atoms with van der Waals surface area (Å²) in [5.74, 6) is 1.91. The van der Waals surface area contributed by atoms with Gasteiger partial charge in [-0.15, -0.1) is 0 Å². The van der Waals surface area contributed by atoms with Crippen LogP contribution in [0.25, 0.3) is 0 Å². The van der Waals surface area contributed by atoms with Gasteiger partial charge in [-0.05, 0) is 50.7 Å². The normalized spacial score (nSPS) is 20.0. The maximum Gasteiger partial charge on any atom is -0.00161 e. The van der Waals surface area contributed by atoms with Gasteiger partial charge >= 0.3 is 0 Å². The quantitative estimate of drug-likeness (QED) is 0.602. The Kier molecular flexibility index (Phi) is 6.31. The Balaban J connectivity index is 1.99. The van der Waals surface area contributed by atoms with E-state index in [1.807, 2.05) is 0 Å². The zero-order chi connectivity index (χ0) is 11.1. The lowest BCUT2D eigenvalue weighted by molar-refractivity contribution is 0.178. The van der Waals surface area contributed by atoms with Gasteiger partial charge in [0.15, 0.2) is 0 Å². The Morgan fingerprint density at radius 1 is 1.13 bits per heavy atom. The molecule has 0 bridgehead atoms. The van der Waals surface area contributed by atoms with Gasteiger partial charge in [-0.2, -0.15) is 0 Å². The lowest BCUT2D eigenvalue weighted by Gasteiger charge is -2.31. The number of rotatable bonds is 6. The molecule has 0 spiro atoms. The van der Waals surface area contributed by atoms with Crippen LogP contribution in [0.2, 0.25) is 0 Å². The summed E-state index contributed by atoms with van der Waals surface area (Å²) >= 11 is 0. The molecule has 1 saturated heterocycles.